The van der Waals surface area contributed by atoms with E-state index in [9.17, 15) is 18.0 Å². The number of carbonyl (C=O) groups is 1. The number of nitrogens with one attached hydrogen (secondary N) is 1. The van der Waals surface area contributed by atoms with Crippen molar-refractivity contribution in [1.82, 2.24) is 0 Å². The Hall–Kier alpha value is -2.21. The molecule has 0 radical (unpaired) electrons. The van der Waals surface area contributed by atoms with Crippen LogP contribution in [0.5, 0.6) is 5.75 Å². The SMILES string of the molecule is O=C(Nc1cc(C(F)(F)F)ccc1Cl)c1ccc(O)cc1. The summed E-state index contributed by atoms with van der Waals surface area (Å²) in [6.45, 7) is 0. The van der Waals surface area contributed by atoms with Crippen LogP contribution >= 0.6 is 11.6 Å². The van der Waals surface area contributed by atoms with E-state index in [-0.39, 0.29) is 22.0 Å². The van der Waals surface area contributed by atoms with Crippen LogP contribution in [0.2, 0.25) is 5.02 Å². The maximum Gasteiger partial charge on any atom is 0.416 e. The molecule has 110 valence electrons. The van der Waals surface area contributed by atoms with Gasteiger partial charge in [-0.05, 0) is 42.5 Å². The van der Waals surface area contributed by atoms with Crippen LogP contribution < -0.4 is 5.32 Å². The molecule has 7 heteroatoms. The summed E-state index contributed by atoms with van der Waals surface area (Å²) in [4.78, 5) is 11.9. The number of aromatic hydroxyl groups is 1. The fourth-order valence-electron chi connectivity index (χ4n) is 1.60. The van der Waals surface area contributed by atoms with Crippen LogP contribution in [0.1, 0.15) is 15.9 Å². The summed E-state index contributed by atoms with van der Waals surface area (Å²) in [5, 5.41) is 11.4. The van der Waals surface area contributed by atoms with E-state index in [1.54, 1.807) is 0 Å². The Labute approximate surface area is 123 Å². The van der Waals surface area contributed by atoms with E-state index in [4.69, 9.17) is 16.7 Å². The van der Waals surface area contributed by atoms with Gasteiger partial charge in [-0.1, -0.05) is 11.6 Å². The molecule has 0 saturated carbocycles. The van der Waals surface area contributed by atoms with Gasteiger partial charge in [0.2, 0.25) is 0 Å². The molecule has 3 nitrogen and oxygen atoms in total. The van der Waals surface area contributed by atoms with E-state index in [1.807, 2.05) is 0 Å². The summed E-state index contributed by atoms with van der Waals surface area (Å²) in [6.07, 6.45) is -4.53. The van der Waals surface area contributed by atoms with Gasteiger partial charge < -0.3 is 10.4 Å². The molecule has 2 N–H and O–H groups in total. The Kier molecular flexibility index (Phi) is 4.09. The average Bonchev–Trinajstić information content (AvgIpc) is 2.40. The van der Waals surface area contributed by atoms with Crippen molar-refractivity contribution in [3.05, 3.63) is 58.6 Å². The van der Waals surface area contributed by atoms with Crippen molar-refractivity contribution >= 4 is 23.2 Å². The number of rotatable bonds is 2. The average molecular weight is 316 g/mol. The topological polar surface area (TPSA) is 49.3 Å². The van der Waals surface area contributed by atoms with Crippen molar-refractivity contribution in [2.45, 2.75) is 6.18 Å². The second-order valence-corrected chi connectivity index (χ2v) is 4.60. The zero-order chi connectivity index (χ0) is 15.6. The standard InChI is InChI=1S/C14H9ClF3NO2/c15-11-6-3-9(14(16,17)18)7-12(11)19-13(21)8-1-4-10(20)5-2-8/h1-7,20H,(H,19,21). The molecule has 0 bridgehead atoms. The van der Waals surface area contributed by atoms with Gasteiger partial charge in [-0.3, -0.25) is 4.79 Å². The third kappa shape index (κ3) is 3.66. The van der Waals surface area contributed by atoms with Gasteiger partial charge in [-0.15, -0.1) is 0 Å². The highest BCUT2D eigenvalue weighted by molar-refractivity contribution is 6.34. The molecule has 0 spiro atoms. The number of benzene rings is 2. The van der Waals surface area contributed by atoms with Gasteiger partial charge in [-0.25, -0.2) is 0 Å². The lowest BCUT2D eigenvalue weighted by atomic mass is 10.1. The van der Waals surface area contributed by atoms with Crippen molar-refractivity contribution in [3.8, 4) is 5.75 Å². The molecule has 0 aliphatic heterocycles. The zero-order valence-corrected chi connectivity index (χ0v) is 11.2. The van der Waals surface area contributed by atoms with Crippen LogP contribution in [0.15, 0.2) is 42.5 Å². The Morgan fingerprint density at radius 1 is 1.10 bits per heavy atom. The molecule has 0 atom stereocenters. The second kappa shape index (κ2) is 5.65. The number of hydrogen-bond donors (Lipinski definition) is 2. The third-order valence-electron chi connectivity index (χ3n) is 2.67. The van der Waals surface area contributed by atoms with E-state index in [0.29, 0.717) is 0 Å². The van der Waals surface area contributed by atoms with E-state index >= 15 is 0 Å². The molecule has 2 aromatic rings. The summed E-state index contributed by atoms with van der Waals surface area (Å²) in [5.74, 6) is -0.653. The smallest absolute Gasteiger partial charge is 0.416 e. The lowest BCUT2D eigenvalue weighted by molar-refractivity contribution is -0.137. The molecular formula is C14H9ClF3NO2. The van der Waals surface area contributed by atoms with E-state index in [1.165, 1.54) is 24.3 Å². The molecule has 21 heavy (non-hydrogen) atoms. The molecule has 0 aromatic heterocycles. The number of alkyl halides is 3. The lowest BCUT2D eigenvalue weighted by Crippen LogP contribution is -2.13. The minimum atomic E-state index is -4.53. The maximum atomic E-state index is 12.6. The van der Waals surface area contributed by atoms with Crippen LogP contribution in [-0.4, -0.2) is 11.0 Å². The Morgan fingerprint density at radius 3 is 2.29 bits per heavy atom. The van der Waals surface area contributed by atoms with Gasteiger partial charge in [0.05, 0.1) is 16.3 Å². The van der Waals surface area contributed by atoms with Crippen molar-refractivity contribution in [3.63, 3.8) is 0 Å². The first kappa shape index (κ1) is 15.2. The number of halogens is 4. The minimum Gasteiger partial charge on any atom is -0.508 e. The van der Waals surface area contributed by atoms with E-state index < -0.39 is 17.6 Å². The second-order valence-electron chi connectivity index (χ2n) is 4.19. The number of anilines is 1. The van der Waals surface area contributed by atoms with Gasteiger partial charge >= 0.3 is 6.18 Å². The highest BCUT2D eigenvalue weighted by atomic mass is 35.5. The summed E-state index contributed by atoms with van der Waals surface area (Å²) in [6, 6.07) is 7.93. The fourth-order valence-corrected chi connectivity index (χ4v) is 1.77. The zero-order valence-electron chi connectivity index (χ0n) is 10.4. The predicted molar refractivity (Wildman–Crippen MR) is 72.5 cm³/mol. The van der Waals surface area contributed by atoms with Crippen molar-refractivity contribution in [2.75, 3.05) is 5.32 Å². The molecular weight excluding hydrogens is 307 g/mol. The van der Waals surface area contributed by atoms with Gasteiger partial charge in [0.15, 0.2) is 0 Å². The summed E-state index contributed by atoms with van der Waals surface area (Å²) in [5.41, 5.74) is -0.862. The maximum absolute atomic E-state index is 12.6. The Morgan fingerprint density at radius 2 is 1.71 bits per heavy atom. The number of carbonyl (C=O) groups excluding carboxylic acids is 1. The van der Waals surface area contributed by atoms with Crippen LogP contribution in [0, 0.1) is 0 Å². The highest BCUT2D eigenvalue weighted by Gasteiger charge is 2.31. The number of amides is 1. The Balaban J connectivity index is 2.26. The van der Waals surface area contributed by atoms with Gasteiger partial charge in [0.1, 0.15) is 5.75 Å². The van der Waals surface area contributed by atoms with Gasteiger partial charge in [0.25, 0.3) is 5.91 Å². The molecule has 0 aliphatic rings. The first-order chi connectivity index (χ1) is 9.77. The molecule has 0 fully saturated rings. The first-order valence-electron chi connectivity index (χ1n) is 5.74. The number of hydrogen-bond acceptors (Lipinski definition) is 2. The monoisotopic (exact) mass is 315 g/mol. The van der Waals surface area contributed by atoms with Crippen LogP contribution in [0.4, 0.5) is 18.9 Å². The normalized spacial score (nSPS) is 11.2. The minimum absolute atomic E-state index is 0.00451. The highest BCUT2D eigenvalue weighted by Crippen LogP contribution is 2.34. The quantitative estimate of drug-likeness (QED) is 0.867. The molecule has 0 aliphatic carbocycles. The molecule has 0 saturated heterocycles. The molecule has 0 heterocycles. The van der Waals surface area contributed by atoms with Crippen molar-refractivity contribution in [2.24, 2.45) is 0 Å². The molecule has 0 unspecified atom stereocenters. The van der Waals surface area contributed by atoms with E-state index in [2.05, 4.69) is 5.32 Å². The Bertz CT molecular complexity index is 669. The molecule has 2 aromatic carbocycles. The summed E-state index contributed by atoms with van der Waals surface area (Å²) < 4.78 is 37.9. The van der Waals surface area contributed by atoms with E-state index in [0.717, 1.165) is 18.2 Å². The summed E-state index contributed by atoms with van der Waals surface area (Å²) in [7, 11) is 0. The van der Waals surface area contributed by atoms with Crippen molar-refractivity contribution < 1.29 is 23.1 Å². The van der Waals surface area contributed by atoms with Crippen molar-refractivity contribution in [1.29, 1.82) is 0 Å². The van der Waals surface area contributed by atoms with Gasteiger partial charge in [-0.2, -0.15) is 13.2 Å². The van der Waals surface area contributed by atoms with Gasteiger partial charge in [0, 0.05) is 5.56 Å². The predicted octanol–water partition coefficient (Wildman–Crippen LogP) is 4.32. The first-order valence-corrected chi connectivity index (χ1v) is 6.12. The third-order valence-corrected chi connectivity index (χ3v) is 3.00. The fraction of sp³-hybridized carbons (Fsp3) is 0.0714. The number of phenolic OH excluding ortho intramolecular Hbond substituents is 1. The van der Waals surface area contributed by atoms with Crippen LogP contribution in [-0.2, 0) is 6.18 Å². The molecule has 1 amide bonds. The lowest BCUT2D eigenvalue weighted by Gasteiger charge is -2.11. The van der Waals surface area contributed by atoms with Crippen LogP contribution in [0.3, 0.4) is 0 Å². The molecule has 2 rings (SSSR count). The number of phenols is 1. The largest absolute Gasteiger partial charge is 0.508 e. The van der Waals surface area contributed by atoms with Crippen LogP contribution in [0.25, 0.3) is 0 Å². The summed E-state index contributed by atoms with van der Waals surface area (Å²) >= 11 is 5.78.